The number of benzene rings is 1. The van der Waals surface area contributed by atoms with E-state index in [1.54, 1.807) is 0 Å². The lowest BCUT2D eigenvalue weighted by Crippen LogP contribution is -2.60. The Morgan fingerprint density at radius 3 is 1.68 bits per heavy atom. The van der Waals surface area contributed by atoms with Crippen LogP contribution < -0.4 is 17.2 Å². The van der Waals surface area contributed by atoms with Gasteiger partial charge in [0.25, 0.3) is 0 Å². The number of carbonyl (C=O) groups is 1. The summed E-state index contributed by atoms with van der Waals surface area (Å²) in [5.41, 5.74) is 17.4. The fourth-order valence-electron chi connectivity index (χ4n) is 2.10. The molecular formula is C16H31N3O5Si. The first kappa shape index (κ1) is 23.3. The first-order valence-electron chi connectivity index (χ1n) is 8.32. The number of hydrogen-bond donors (Lipinski definition) is 4. The monoisotopic (exact) mass is 373 g/mol. The summed E-state index contributed by atoms with van der Waals surface area (Å²) in [4.78, 5) is 10.4. The van der Waals surface area contributed by atoms with Gasteiger partial charge in [0.05, 0.1) is 11.2 Å². The van der Waals surface area contributed by atoms with E-state index in [1.807, 2.05) is 27.7 Å². The van der Waals surface area contributed by atoms with Gasteiger partial charge in [-0.3, -0.25) is 0 Å². The van der Waals surface area contributed by atoms with Gasteiger partial charge < -0.3 is 35.6 Å². The SMILES string of the molecule is CCO[Si](OCC)(OCC)C(N)CC.Nc1cc(N)cc(C(=O)O)c1. The molecule has 1 aromatic rings. The molecule has 0 bridgehead atoms. The summed E-state index contributed by atoms with van der Waals surface area (Å²) in [7, 11) is -2.62. The number of nitrogen functional groups attached to an aromatic ring is 2. The van der Waals surface area contributed by atoms with Crippen molar-refractivity contribution in [2.75, 3.05) is 31.3 Å². The fraction of sp³-hybridized carbons (Fsp3) is 0.562. The van der Waals surface area contributed by atoms with Gasteiger partial charge in [0.1, 0.15) is 0 Å². The van der Waals surface area contributed by atoms with Crippen LogP contribution in [-0.2, 0) is 13.3 Å². The van der Waals surface area contributed by atoms with E-state index in [4.69, 9.17) is 35.6 Å². The third kappa shape index (κ3) is 7.84. The second-order valence-corrected chi connectivity index (χ2v) is 7.93. The molecule has 0 aromatic heterocycles. The quantitative estimate of drug-likeness (QED) is 0.379. The van der Waals surface area contributed by atoms with Crippen molar-refractivity contribution < 1.29 is 23.2 Å². The van der Waals surface area contributed by atoms with Crippen molar-refractivity contribution in [3.05, 3.63) is 23.8 Å². The van der Waals surface area contributed by atoms with E-state index in [0.29, 0.717) is 31.2 Å². The maximum atomic E-state index is 10.4. The van der Waals surface area contributed by atoms with Crippen molar-refractivity contribution >= 4 is 26.1 Å². The topological polar surface area (TPSA) is 143 Å². The Bertz CT molecular complexity index is 493. The summed E-state index contributed by atoms with van der Waals surface area (Å²) in [6.45, 7) is 9.57. The van der Waals surface area contributed by atoms with Crippen LogP contribution in [0.25, 0.3) is 0 Å². The van der Waals surface area contributed by atoms with Gasteiger partial charge in [0.2, 0.25) is 0 Å². The van der Waals surface area contributed by atoms with Crippen molar-refractivity contribution in [3.8, 4) is 0 Å². The van der Waals surface area contributed by atoms with Gasteiger partial charge in [0.15, 0.2) is 0 Å². The molecule has 0 radical (unpaired) electrons. The predicted octanol–water partition coefficient (Wildman–Crippen LogP) is 1.86. The molecule has 8 nitrogen and oxygen atoms in total. The number of anilines is 2. The molecule has 1 aromatic carbocycles. The molecule has 1 unspecified atom stereocenters. The maximum absolute atomic E-state index is 10.4. The minimum absolute atomic E-state index is 0.113. The number of rotatable bonds is 9. The molecule has 1 rings (SSSR count). The molecule has 0 heterocycles. The summed E-state index contributed by atoms with van der Waals surface area (Å²) in [5.74, 6) is -1.02. The number of carboxylic acids is 1. The Morgan fingerprint density at radius 1 is 1.00 bits per heavy atom. The molecule has 0 aliphatic carbocycles. The van der Waals surface area contributed by atoms with Gasteiger partial charge in [0, 0.05) is 31.2 Å². The van der Waals surface area contributed by atoms with Crippen molar-refractivity contribution in [1.29, 1.82) is 0 Å². The summed E-state index contributed by atoms with van der Waals surface area (Å²) >= 11 is 0. The van der Waals surface area contributed by atoms with Crippen LogP contribution in [0.3, 0.4) is 0 Å². The van der Waals surface area contributed by atoms with Crippen LogP contribution >= 0.6 is 0 Å². The predicted molar refractivity (Wildman–Crippen MR) is 101 cm³/mol. The van der Waals surface area contributed by atoms with E-state index in [2.05, 4.69) is 0 Å². The fourth-order valence-corrected chi connectivity index (χ4v) is 4.70. The number of hydrogen-bond acceptors (Lipinski definition) is 7. The molecular weight excluding hydrogens is 342 g/mol. The Kier molecular flexibility index (Phi) is 11.0. The molecule has 0 amide bonds. The molecule has 0 fully saturated rings. The molecule has 0 saturated carbocycles. The molecule has 144 valence electrons. The Morgan fingerprint density at radius 2 is 1.40 bits per heavy atom. The largest absolute Gasteiger partial charge is 0.518 e. The summed E-state index contributed by atoms with van der Waals surface area (Å²) in [5, 5.41) is 8.52. The highest BCUT2D eigenvalue weighted by Crippen LogP contribution is 2.16. The van der Waals surface area contributed by atoms with E-state index in [9.17, 15) is 4.79 Å². The standard InChI is InChI=1S/C9H23NO3Si.C7H8N2O2/c1-5-9(10)14(11-6-2,12-7-3)13-8-4;8-5-1-4(7(10)11)2-6(9)3-5/h9H,5-8,10H2,1-4H3;1-3H,8-9H2,(H,10,11). The van der Waals surface area contributed by atoms with E-state index >= 15 is 0 Å². The molecule has 7 N–H and O–H groups in total. The third-order valence-electron chi connectivity index (χ3n) is 3.16. The van der Waals surface area contributed by atoms with Gasteiger partial charge in [-0.15, -0.1) is 0 Å². The van der Waals surface area contributed by atoms with Gasteiger partial charge in [-0.1, -0.05) is 6.92 Å². The van der Waals surface area contributed by atoms with Crippen molar-refractivity contribution in [2.45, 2.75) is 39.8 Å². The molecule has 25 heavy (non-hydrogen) atoms. The molecule has 9 heteroatoms. The molecule has 0 aliphatic rings. The Balaban J connectivity index is 0.000000472. The van der Waals surface area contributed by atoms with Crippen LogP contribution in [-0.4, -0.2) is 45.4 Å². The second-order valence-electron chi connectivity index (χ2n) is 5.11. The zero-order valence-electron chi connectivity index (χ0n) is 15.5. The number of nitrogens with two attached hydrogens (primary N) is 3. The van der Waals surface area contributed by atoms with Gasteiger partial charge >= 0.3 is 14.8 Å². The first-order chi connectivity index (χ1) is 11.8. The van der Waals surface area contributed by atoms with Gasteiger partial charge in [-0.2, -0.15) is 0 Å². The highest BCUT2D eigenvalue weighted by molar-refractivity contribution is 6.62. The van der Waals surface area contributed by atoms with Crippen LogP contribution in [0.5, 0.6) is 0 Å². The van der Waals surface area contributed by atoms with Gasteiger partial charge in [-0.25, -0.2) is 4.79 Å². The van der Waals surface area contributed by atoms with Crippen molar-refractivity contribution in [1.82, 2.24) is 0 Å². The lowest BCUT2D eigenvalue weighted by Gasteiger charge is -2.32. The minimum atomic E-state index is -2.62. The van der Waals surface area contributed by atoms with Crippen LogP contribution in [0, 0.1) is 0 Å². The van der Waals surface area contributed by atoms with E-state index in [0.717, 1.165) is 6.42 Å². The third-order valence-corrected chi connectivity index (χ3v) is 6.54. The normalized spacial score (nSPS) is 12.2. The zero-order valence-corrected chi connectivity index (χ0v) is 16.5. The maximum Gasteiger partial charge on any atom is 0.518 e. The Labute approximate surface area is 150 Å². The van der Waals surface area contributed by atoms with E-state index in [-0.39, 0.29) is 11.2 Å². The average Bonchev–Trinajstić information content (AvgIpc) is 2.54. The number of carboxylic acid groups (broad SMARTS) is 1. The van der Waals surface area contributed by atoms with Gasteiger partial charge in [-0.05, 0) is 45.4 Å². The lowest BCUT2D eigenvalue weighted by atomic mass is 10.2. The summed E-state index contributed by atoms with van der Waals surface area (Å²) in [6.07, 6.45) is 0.812. The smallest absolute Gasteiger partial charge is 0.478 e. The van der Waals surface area contributed by atoms with Crippen molar-refractivity contribution in [2.24, 2.45) is 5.73 Å². The molecule has 0 spiro atoms. The molecule has 0 aliphatic heterocycles. The highest BCUT2D eigenvalue weighted by atomic mass is 28.4. The summed E-state index contributed by atoms with van der Waals surface area (Å²) < 4.78 is 16.9. The number of aromatic carboxylic acids is 1. The van der Waals surface area contributed by atoms with Crippen LogP contribution in [0.4, 0.5) is 11.4 Å². The first-order valence-corrected chi connectivity index (χ1v) is 10.1. The van der Waals surface area contributed by atoms with E-state index < -0.39 is 14.8 Å². The van der Waals surface area contributed by atoms with Crippen LogP contribution in [0.1, 0.15) is 44.5 Å². The Hall–Kier alpha value is -1.65. The lowest BCUT2D eigenvalue weighted by molar-refractivity contribution is 0.0617. The van der Waals surface area contributed by atoms with Crippen LogP contribution in [0.15, 0.2) is 18.2 Å². The van der Waals surface area contributed by atoms with E-state index in [1.165, 1.54) is 18.2 Å². The van der Waals surface area contributed by atoms with Crippen LogP contribution in [0.2, 0.25) is 0 Å². The summed E-state index contributed by atoms with van der Waals surface area (Å²) in [6, 6.07) is 4.23. The average molecular weight is 374 g/mol. The minimum Gasteiger partial charge on any atom is -0.478 e. The molecule has 0 saturated heterocycles. The highest BCUT2D eigenvalue weighted by Gasteiger charge is 2.46. The zero-order chi connectivity index (χ0) is 19.5. The second kappa shape index (κ2) is 11.8. The van der Waals surface area contributed by atoms with Crippen molar-refractivity contribution in [3.63, 3.8) is 0 Å². The molecule has 1 atom stereocenters.